The number of nitro benzene ring substituents is 1. The molecule has 0 fully saturated rings. The highest BCUT2D eigenvalue weighted by molar-refractivity contribution is 9.10. The van der Waals surface area contributed by atoms with Crippen molar-refractivity contribution in [2.75, 3.05) is 5.32 Å². The summed E-state index contributed by atoms with van der Waals surface area (Å²) in [4.78, 5) is 23.5. The summed E-state index contributed by atoms with van der Waals surface area (Å²) in [5, 5.41) is 18.7. The lowest BCUT2D eigenvalue weighted by Gasteiger charge is -2.10. The number of nitrogens with one attached hydrogen (secondary N) is 1. The Morgan fingerprint density at radius 1 is 0.919 bits per heavy atom. The highest BCUT2D eigenvalue weighted by Crippen LogP contribution is 2.32. The van der Waals surface area contributed by atoms with Crippen molar-refractivity contribution in [3.8, 4) is 22.6 Å². The molecule has 184 valence electrons. The Labute approximate surface area is 221 Å². The zero-order valence-electron chi connectivity index (χ0n) is 20.1. The highest BCUT2D eigenvalue weighted by Gasteiger charge is 2.19. The number of para-hydroxylation sites is 1. The molecule has 1 amide bonds. The zero-order valence-corrected chi connectivity index (χ0v) is 21.6. The number of nitrogens with zero attached hydrogens (tertiary/aromatic N) is 4. The molecule has 2 heterocycles. The molecule has 5 rings (SSSR count). The van der Waals surface area contributed by atoms with Crippen molar-refractivity contribution in [2.24, 2.45) is 0 Å². The van der Waals surface area contributed by atoms with Crippen molar-refractivity contribution in [1.29, 1.82) is 0 Å². The smallest absolute Gasteiger partial charge is 0.269 e. The molecular weight excluding hydrogens is 534 g/mol. The van der Waals surface area contributed by atoms with Crippen LogP contribution in [0.2, 0.25) is 0 Å². The van der Waals surface area contributed by atoms with Crippen molar-refractivity contribution < 1.29 is 9.72 Å². The molecule has 0 saturated carbocycles. The maximum atomic E-state index is 13.0. The Hall–Kier alpha value is -4.50. The lowest BCUT2D eigenvalue weighted by molar-refractivity contribution is -0.384. The molecular formula is C28H22BrN5O3. The van der Waals surface area contributed by atoms with E-state index >= 15 is 0 Å². The van der Waals surface area contributed by atoms with Gasteiger partial charge >= 0.3 is 0 Å². The van der Waals surface area contributed by atoms with Gasteiger partial charge in [0.15, 0.2) is 0 Å². The van der Waals surface area contributed by atoms with Gasteiger partial charge in [0.2, 0.25) is 0 Å². The first kappa shape index (κ1) is 24.2. The normalized spacial score (nSPS) is 10.9. The first-order valence-corrected chi connectivity index (χ1v) is 12.3. The molecule has 0 bridgehead atoms. The van der Waals surface area contributed by atoms with E-state index in [0.717, 1.165) is 32.8 Å². The van der Waals surface area contributed by atoms with E-state index < -0.39 is 4.92 Å². The van der Waals surface area contributed by atoms with Gasteiger partial charge in [0.05, 0.1) is 16.3 Å². The fraction of sp³-hybridized carbons (Fsp3) is 0.0714. The molecule has 0 radical (unpaired) electrons. The number of non-ortho nitro benzene ring substituents is 1. The number of benzene rings is 3. The maximum Gasteiger partial charge on any atom is 0.269 e. The summed E-state index contributed by atoms with van der Waals surface area (Å²) in [6.45, 7) is 4.09. The van der Waals surface area contributed by atoms with Crippen LogP contribution in [0, 0.1) is 24.0 Å². The Morgan fingerprint density at radius 3 is 2.24 bits per heavy atom. The van der Waals surface area contributed by atoms with Crippen molar-refractivity contribution in [3.63, 3.8) is 0 Å². The van der Waals surface area contributed by atoms with Crippen molar-refractivity contribution >= 4 is 33.3 Å². The second kappa shape index (κ2) is 9.87. The number of halogens is 1. The summed E-state index contributed by atoms with van der Waals surface area (Å²) in [5.74, 6) is 0.0943. The topological polar surface area (TPSA) is 95.0 Å². The number of amides is 1. The zero-order chi connectivity index (χ0) is 26.1. The van der Waals surface area contributed by atoms with Crippen LogP contribution in [0.15, 0.2) is 95.5 Å². The second-order valence-corrected chi connectivity index (χ2v) is 9.43. The van der Waals surface area contributed by atoms with Gasteiger partial charge in [0, 0.05) is 50.9 Å². The number of hydrogen-bond acceptors (Lipinski definition) is 4. The molecule has 0 aliphatic carbocycles. The molecule has 0 saturated heterocycles. The predicted molar refractivity (Wildman–Crippen MR) is 147 cm³/mol. The quantitative estimate of drug-likeness (QED) is 0.182. The first-order valence-electron chi connectivity index (χ1n) is 11.5. The van der Waals surface area contributed by atoms with E-state index in [2.05, 4.69) is 31.9 Å². The van der Waals surface area contributed by atoms with E-state index in [1.54, 1.807) is 4.68 Å². The Kier molecular flexibility index (Phi) is 6.45. The van der Waals surface area contributed by atoms with Crippen LogP contribution < -0.4 is 5.32 Å². The Bertz CT molecular complexity index is 1600. The van der Waals surface area contributed by atoms with Gasteiger partial charge < -0.3 is 9.88 Å². The van der Waals surface area contributed by atoms with Crippen LogP contribution in [0.3, 0.4) is 0 Å². The standard InChI is InChI=1S/C28H22BrN5O3/c1-18-16-25(19(2)32(18)22-14-10-21(29)11-15-22)26-17-27(33(31-26)23-6-4-3-5-7-23)30-28(35)20-8-12-24(13-9-20)34(36)37/h3-17H,1-2H3,(H,30,35). The SMILES string of the molecule is Cc1cc(-c2cc(NC(=O)c3ccc([N+](=O)[O-])cc3)n(-c3ccccc3)n2)c(C)n1-c1ccc(Br)cc1. The lowest BCUT2D eigenvalue weighted by atomic mass is 10.1. The third-order valence-corrected chi connectivity index (χ3v) is 6.61. The van der Waals surface area contributed by atoms with Gasteiger partial charge in [-0.05, 0) is 68.4 Å². The lowest BCUT2D eigenvalue weighted by Crippen LogP contribution is -2.15. The average Bonchev–Trinajstić information content (AvgIpc) is 3.45. The summed E-state index contributed by atoms with van der Waals surface area (Å²) in [5.41, 5.74) is 5.79. The number of aryl methyl sites for hydroxylation is 1. The minimum atomic E-state index is -0.497. The van der Waals surface area contributed by atoms with Gasteiger partial charge in [-0.1, -0.05) is 34.1 Å². The van der Waals surface area contributed by atoms with Crippen LogP contribution >= 0.6 is 15.9 Å². The Morgan fingerprint density at radius 2 is 1.59 bits per heavy atom. The summed E-state index contributed by atoms with van der Waals surface area (Å²) < 4.78 is 4.86. The largest absolute Gasteiger partial charge is 0.318 e. The molecule has 9 heteroatoms. The number of carbonyl (C=O) groups excluding carboxylic acids is 1. The van der Waals surface area contributed by atoms with E-state index in [1.807, 2.05) is 74.5 Å². The summed E-state index contributed by atoms with van der Waals surface area (Å²) >= 11 is 3.49. The van der Waals surface area contributed by atoms with E-state index in [4.69, 9.17) is 5.10 Å². The molecule has 0 aliphatic heterocycles. The minimum absolute atomic E-state index is 0.0747. The second-order valence-electron chi connectivity index (χ2n) is 8.52. The van der Waals surface area contributed by atoms with Crippen molar-refractivity contribution in [2.45, 2.75) is 13.8 Å². The highest BCUT2D eigenvalue weighted by atomic mass is 79.9. The number of carbonyl (C=O) groups is 1. The van der Waals surface area contributed by atoms with Crippen LogP contribution in [0.4, 0.5) is 11.5 Å². The van der Waals surface area contributed by atoms with E-state index in [-0.39, 0.29) is 11.6 Å². The minimum Gasteiger partial charge on any atom is -0.318 e. The molecule has 0 aliphatic rings. The van der Waals surface area contributed by atoms with Gasteiger partial charge in [-0.3, -0.25) is 14.9 Å². The molecule has 3 aromatic carbocycles. The predicted octanol–water partition coefficient (Wildman–Crippen LogP) is 6.87. The van der Waals surface area contributed by atoms with Crippen LogP contribution in [-0.4, -0.2) is 25.2 Å². The molecule has 0 spiro atoms. The van der Waals surface area contributed by atoms with Crippen LogP contribution in [0.5, 0.6) is 0 Å². The van der Waals surface area contributed by atoms with E-state index in [9.17, 15) is 14.9 Å². The van der Waals surface area contributed by atoms with E-state index in [0.29, 0.717) is 17.1 Å². The average molecular weight is 556 g/mol. The third-order valence-electron chi connectivity index (χ3n) is 6.08. The van der Waals surface area contributed by atoms with Gasteiger partial charge in [-0.2, -0.15) is 5.10 Å². The number of aromatic nitrogens is 3. The summed E-state index contributed by atoms with van der Waals surface area (Å²) in [7, 11) is 0. The number of anilines is 1. The molecule has 5 aromatic rings. The molecule has 1 N–H and O–H groups in total. The van der Waals surface area contributed by atoms with Gasteiger partial charge in [0.25, 0.3) is 11.6 Å². The fourth-order valence-corrected chi connectivity index (χ4v) is 4.56. The molecule has 8 nitrogen and oxygen atoms in total. The summed E-state index contributed by atoms with van der Waals surface area (Å²) in [6.07, 6.45) is 0. The third kappa shape index (κ3) is 4.81. The van der Waals surface area contributed by atoms with Crippen LogP contribution in [0.1, 0.15) is 21.7 Å². The van der Waals surface area contributed by atoms with E-state index in [1.165, 1.54) is 24.3 Å². The molecule has 2 aromatic heterocycles. The number of nitro groups is 1. The fourth-order valence-electron chi connectivity index (χ4n) is 4.30. The van der Waals surface area contributed by atoms with Crippen molar-refractivity contribution in [1.82, 2.24) is 14.3 Å². The van der Waals surface area contributed by atoms with Gasteiger partial charge in [-0.25, -0.2) is 4.68 Å². The van der Waals surface area contributed by atoms with Crippen LogP contribution in [0.25, 0.3) is 22.6 Å². The van der Waals surface area contributed by atoms with Gasteiger partial charge in [-0.15, -0.1) is 0 Å². The van der Waals surface area contributed by atoms with Crippen LogP contribution in [-0.2, 0) is 0 Å². The first-order chi connectivity index (χ1) is 17.8. The number of rotatable bonds is 6. The molecule has 0 atom stereocenters. The molecule has 0 unspecified atom stereocenters. The monoisotopic (exact) mass is 555 g/mol. The molecule has 37 heavy (non-hydrogen) atoms. The maximum absolute atomic E-state index is 13.0. The number of hydrogen-bond donors (Lipinski definition) is 1. The van der Waals surface area contributed by atoms with Crippen molar-refractivity contribution in [3.05, 3.63) is 123 Å². The Balaban J connectivity index is 1.55. The van der Waals surface area contributed by atoms with Gasteiger partial charge in [0.1, 0.15) is 5.82 Å². The summed E-state index contributed by atoms with van der Waals surface area (Å²) in [6, 6.07) is 27.0.